The maximum absolute atomic E-state index is 13.3. The Bertz CT molecular complexity index is 1240. The van der Waals surface area contributed by atoms with Gasteiger partial charge in [-0.2, -0.15) is 4.98 Å². The maximum Gasteiger partial charge on any atom is 0.265 e. The Labute approximate surface area is 171 Å². The van der Waals surface area contributed by atoms with E-state index < -0.39 is 15.8 Å². The van der Waals surface area contributed by atoms with Crippen molar-refractivity contribution in [3.8, 4) is 5.75 Å². The Morgan fingerprint density at radius 2 is 2.00 bits per heavy atom. The van der Waals surface area contributed by atoms with Gasteiger partial charge in [0.1, 0.15) is 11.6 Å². The highest BCUT2D eigenvalue weighted by molar-refractivity contribution is 7.92. The van der Waals surface area contributed by atoms with E-state index in [0.717, 1.165) is 0 Å². The molecule has 4 rings (SSSR count). The Kier molecular flexibility index (Phi) is 4.90. The van der Waals surface area contributed by atoms with E-state index in [-0.39, 0.29) is 41.2 Å². The fourth-order valence-corrected chi connectivity index (χ4v) is 4.17. The number of nitrogens with one attached hydrogen (secondary N) is 1. The van der Waals surface area contributed by atoms with Crippen LogP contribution in [0, 0.1) is 19.7 Å². The molecule has 0 spiro atoms. The average molecular weight is 432 g/mol. The molecule has 0 aliphatic carbocycles. The summed E-state index contributed by atoms with van der Waals surface area (Å²) in [6, 6.07) is 7.91. The van der Waals surface area contributed by atoms with Gasteiger partial charge >= 0.3 is 0 Å². The molecule has 9 nitrogen and oxygen atoms in total. The number of hydrogen-bond acceptors (Lipinski definition) is 7. The maximum atomic E-state index is 13.3. The van der Waals surface area contributed by atoms with Crippen molar-refractivity contribution in [3.63, 3.8) is 0 Å². The molecule has 1 aliphatic heterocycles. The molecule has 0 atom stereocenters. The summed E-state index contributed by atoms with van der Waals surface area (Å²) < 4.78 is 51.9. The van der Waals surface area contributed by atoms with Crippen LogP contribution in [-0.2, 0) is 21.4 Å². The second-order valence-electron chi connectivity index (χ2n) is 6.69. The molecular weight excluding hydrogens is 415 g/mol. The number of ether oxygens (including phenoxy) is 1. The van der Waals surface area contributed by atoms with Crippen LogP contribution in [0.5, 0.6) is 5.75 Å². The van der Waals surface area contributed by atoms with Gasteiger partial charge in [0.05, 0.1) is 22.8 Å². The lowest BCUT2D eigenvalue weighted by molar-refractivity contribution is -0.121. The molecular formula is C19H17FN4O5S. The number of nitrogens with zero attached hydrogens (tertiary/aromatic N) is 3. The lowest BCUT2D eigenvalue weighted by Crippen LogP contribution is -2.38. The Morgan fingerprint density at radius 1 is 1.20 bits per heavy atom. The van der Waals surface area contributed by atoms with E-state index in [4.69, 9.17) is 9.26 Å². The number of benzene rings is 2. The molecule has 0 saturated carbocycles. The number of rotatable bonds is 5. The van der Waals surface area contributed by atoms with E-state index in [2.05, 4.69) is 14.9 Å². The largest absolute Gasteiger partial charge is 0.482 e. The van der Waals surface area contributed by atoms with Crippen molar-refractivity contribution < 1.29 is 26.9 Å². The van der Waals surface area contributed by atoms with Gasteiger partial charge in [-0.15, -0.1) is 0 Å². The molecule has 2 heterocycles. The molecule has 1 aromatic heterocycles. The summed E-state index contributed by atoms with van der Waals surface area (Å²) in [6.07, 6.45) is 0. The Hall–Kier alpha value is -3.47. The number of anilines is 2. The number of fused-ring (bicyclic) bond motifs is 1. The molecule has 0 radical (unpaired) electrons. The van der Waals surface area contributed by atoms with E-state index in [1.807, 2.05) is 0 Å². The summed E-state index contributed by atoms with van der Waals surface area (Å²) in [6.45, 7) is 3.03. The van der Waals surface area contributed by atoms with Gasteiger partial charge in [0.15, 0.2) is 12.4 Å². The zero-order valence-electron chi connectivity index (χ0n) is 16.0. The number of aromatic nitrogens is 2. The smallest absolute Gasteiger partial charge is 0.265 e. The van der Waals surface area contributed by atoms with Crippen molar-refractivity contribution in [2.24, 2.45) is 0 Å². The SMILES string of the molecule is Cc1nc(CN2C(=O)COc3ccc(S(=O)(=O)Nc4ccc(F)cc4C)cc32)no1. The molecule has 0 unspecified atom stereocenters. The summed E-state index contributed by atoms with van der Waals surface area (Å²) in [5.41, 5.74) is 0.956. The van der Waals surface area contributed by atoms with Gasteiger partial charge in [-0.3, -0.25) is 14.4 Å². The molecule has 30 heavy (non-hydrogen) atoms. The number of sulfonamides is 1. The normalized spacial score (nSPS) is 13.7. The molecule has 3 aromatic rings. The summed E-state index contributed by atoms with van der Waals surface area (Å²) in [7, 11) is -4.01. The number of aryl methyl sites for hydroxylation is 2. The molecule has 11 heteroatoms. The zero-order chi connectivity index (χ0) is 21.5. The third-order valence-electron chi connectivity index (χ3n) is 4.49. The van der Waals surface area contributed by atoms with E-state index in [0.29, 0.717) is 17.2 Å². The fraction of sp³-hybridized carbons (Fsp3) is 0.211. The summed E-state index contributed by atoms with van der Waals surface area (Å²) in [4.78, 5) is 17.7. The first-order valence-electron chi connectivity index (χ1n) is 8.88. The predicted molar refractivity (Wildman–Crippen MR) is 104 cm³/mol. The van der Waals surface area contributed by atoms with Crippen LogP contribution in [0.1, 0.15) is 17.3 Å². The van der Waals surface area contributed by atoms with Crippen molar-refractivity contribution in [3.05, 3.63) is 59.5 Å². The summed E-state index contributed by atoms with van der Waals surface area (Å²) in [5.74, 6) is 0.143. The van der Waals surface area contributed by atoms with Crippen LogP contribution in [-0.4, -0.2) is 31.1 Å². The van der Waals surface area contributed by atoms with Crippen molar-refractivity contribution in [2.45, 2.75) is 25.3 Å². The topological polar surface area (TPSA) is 115 Å². The van der Waals surface area contributed by atoms with Gasteiger partial charge in [0, 0.05) is 6.92 Å². The Morgan fingerprint density at radius 3 is 2.70 bits per heavy atom. The first-order valence-corrected chi connectivity index (χ1v) is 10.4. The second kappa shape index (κ2) is 7.41. The first kappa shape index (κ1) is 19.8. The van der Waals surface area contributed by atoms with Gasteiger partial charge in [-0.25, -0.2) is 12.8 Å². The molecule has 1 aliphatic rings. The van der Waals surface area contributed by atoms with E-state index in [1.54, 1.807) is 13.8 Å². The van der Waals surface area contributed by atoms with Gasteiger partial charge in [-0.05, 0) is 48.9 Å². The van der Waals surface area contributed by atoms with Crippen molar-refractivity contribution >= 4 is 27.3 Å². The fourth-order valence-electron chi connectivity index (χ4n) is 3.01. The zero-order valence-corrected chi connectivity index (χ0v) is 16.9. The van der Waals surface area contributed by atoms with Gasteiger partial charge < -0.3 is 9.26 Å². The third-order valence-corrected chi connectivity index (χ3v) is 5.85. The molecule has 1 N–H and O–H groups in total. The third kappa shape index (κ3) is 3.83. The number of carbonyl (C=O) groups is 1. The van der Waals surface area contributed by atoms with E-state index >= 15 is 0 Å². The van der Waals surface area contributed by atoms with E-state index in [1.165, 1.54) is 41.3 Å². The number of halogens is 1. The standard InChI is InChI=1S/C19H17FN4O5S/c1-11-7-13(20)3-5-15(11)23-30(26,27)14-4-6-17-16(8-14)24(19(25)10-28-17)9-18-21-12(2)29-22-18/h3-8,23H,9-10H2,1-2H3. The number of amides is 1. The van der Waals surface area contributed by atoms with Crippen LogP contribution in [0.25, 0.3) is 0 Å². The van der Waals surface area contributed by atoms with Crippen LogP contribution >= 0.6 is 0 Å². The molecule has 1 amide bonds. The van der Waals surface area contributed by atoms with Crippen molar-refractivity contribution in [1.82, 2.24) is 10.1 Å². The van der Waals surface area contributed by atoms with Crippen molar-refractivity contribution in [2.75, 3.05) is 16.2 Å². The highest BCUT2D eigenvalue weighted by atomic mass is 32.2. The second-order valence-corrected chi connectivity index (χ2v) is 8.37. The molecule has 156 valence electrons. The monoisotopic (exact) mass is 432 g/mol. The highest BCUT2D eigenvalue weighted by Gasteiger charge is 2.29. The molecule has 0 bridgehead atoms. The van der Waals surface area contributed by atoms with E-state index in [9.17, 15) is 17.6 Å². The van der Waals surface area contributed by atoms with Crippen LogP contribution in [0.2, 0.25) is 0 Å². The minimum absolute atomic E-state index is 0.000529. The molecule has 0 fully saturated rings. The number of hydrogen-bond donors (Lipinski definition) is 1. The molecule has 0 saturated heterocycles. The Balaban J connectivity index is 1.68. The minimum atomic E-state index is -4.01. The number of carbonyl (C=O) groups excluding carboxylic acids is 1. The highest BCUT2D eigenvalue weighted by Crippen LogP contribution is 2.35. The molecule has 2 aromatic carbocycles. The average Bonchev–Trinajstić information content (AvgIpc) is 3.11. The van der Waals surface area contributed by atoms with Crippen LogP contribution in [0.3, 0.4) is 0 Å². The van der Waals surface area contributed by atoms with Crippen LogP contribution in [0.15, 0.2) is 45.8 Å². The lowest BCUT2D eigenvalue weighted by Gasteiger charge is -2.28. The summed E-state index contributed by atoms with van der Waals surface area (Å²) >= 11 is 0. The quantitative estimate of drug-likeness (QED) is 0.659. The minimum Gasteiger partial charge on any atom is -0.482 e. The van der Waals surface area contributed by atoms with Gasteiger partial charge in [-0.1, -0.05) is 5.16 Å². The van der Waals surface area contributed by atoms with Gasteiger partial charge in [0.2, 0.25) is 5.89 Å². The predicted octanol–water partition coefficient (Wildman–Crippen LogP) is 2.55. The van der Waals surface area contributed by atoms with Crippen LogP contribution in [0.4, 0.5) is 15.8 Å². The van der Waals surface area contributed by atoms with Crippen LogP contribution < -0.4 is 14.4 Å². The lowest BCUT2D eigenvalue weighted by atomic mass is 10.2. The van der Waals surface area contributed by atoms with Gasteiger partial charge in [0.25, 0.3) is 15.9 Å². The summed E-state index contributed by atoms with van der Waals surface area (Å²) in [5, 5.41) is 3.78. The first-order chi connectivity index (χ1) is 14.2. The van der Waals surface area contributed by atoms with Crippen molar-refractivity contribution in [1.29, 1.82) is 0 Å².